The number of hydrogen-bond donors (Lipinski definition) is 1. The molecule has 2 rings (SSSR count). The lowest BCUT2D eigenvalue weighted by Crippen LogP contribution is -2.30. The Bertz CT molecular complexity index is 710. The Kier molecular flexibility index (Phi) is 4.57. The zero-order valence-electron chi connectivity index (χ0n) is 10.2. The molecule has 0 saturated carbocycles. The molecule has 1 unspecified atom stereocenters. The van der Waals surface area contributed by atoms with Gasteiger partial charge < -0.3 is 14.6 Å². The largest absolute Gasteiger partial charge is 0.566 e. The van der Waals surface area contributed by atoms with Gasteiger partial charge in [-0.2, -0.15) is 0 Å². The summed E-state index contributed by atoms with van der Waals surface area (Å²) in [5.41, 5.74) is -0.507. The Balaban J connectivity index is 2.11. The van der Waals surface area contributed by atoms with Gasteiger partial charge in [-0.3, -0.25) is 4.79 Å². The first kappa shape index (κ1) is 14.3. The number of carbonyl (C=O) groups excluding carboxylic acids is 1. The van der Waals surface area contributed by atoms with E-state index in [1.165, 1.54) is 6.07 Å². The van der Waals surface area contributed by atoms with Crippen LogP contribution >= 0.6 is 8.25 Å². The zero-order valence-corrected chi connectivity index (χ0v) is 11.1. The van der Waals surface area contributed by atoms with Crippen molar-refractivity contribution >= 4 is 25.1 Å². The van der Waals surface area contributed by atoms with Gasteiger partial charge in [-0.1, -0.05) is 18.2 Å². The summed E-state index contributed by atoms with van der Waals surface area (Å²) in [7, 11) is -2.95. The molecule has 20 heavy (non-hydrogen) atoms. The normalized spacial score (nSPS) is 11.3. The smallest absolute Gasteiger partial charge is 0.488 e. The fourth-order valence-electron chi connectivity index (χ4n) is 1.60. The molecular formula is C12H10NO6P. The molecular weight excluding hydrogens is 285 g/mol. The van der Waals surface area contributed by atoms with Crippen molar-refractivity contribution < 1.29 is 23.2 Å². The molecule has 0 aliphatic rings. The number of nitrogens with one attached hydrogen (secondary N) is 1. The van der Waals surface area contributed by atoms with Crippen LogP contribution in [0.3, 0.4) is 0 Å². The molecule has 0 radical (unpaired) electrons. The van der Waals surface area contributed by atoms with Crippen molar-refractivity contribution in [2.75, 3.05) is 13.2 Å². The molecule has 1 amide bonds. The highest BCUT2D eigenvalue weighted by Gasteiger charge is 2.13. The van der Waals surface area contributed by atoms with E-state index in [1.54, 1.807) is 24.3 Å². The summed E-state index contributed by atoms with van der Waals surface area (Å²) in [5.74, 6) is -0.644. The predicted molar refractivity (Wildman–Crippen MR) is 68.4 cm³/mol. The van der Waals surface area contributed by atoms with Crippen LogP contribution in [-0.4, -0.2) is 19.1 Å². The van der Waals surface area contributed by atoms with Crippen LogP contribution in [-0.2, 0) is 9.09 Å². The van der Waals surface area contributed by atoms with Gasteiger partial charge >= 0.3 is 13.9 Å². The molecule has 8 heteroatoms. The van der Waals surface area contributed by atoms with Crippen LogP contribution < -0.4 is 15.8 Å². The second-order valence-electron chi connectivity index (χ2n) is 3.80. The van der Waals surface area contributed by atoms with Crippen molar-refractivity contribution in [2.45, 2.75) is 0 Å². The van der Waals surface area contributed by atoms with Gasteiger partial charge in [0.2, 0.25) is 0 Å². The van der Waals surface area contributed by atoms with E-state index >= 15 is 0 Å². The Morgan fingerprint density at radius 1 is 1.40 bits per heavy atom. The molecule has 1 aromatic heterocycles. The summed E-state index contributed by atoms with van der Waals surface area (Å²) >= 11 is 0. The van der Waals surface area contributed by atoms with Gasteiger partial charge in [-0.15, -0.1) is 4.52 Å². The number of rotatable bonds is 5. The summed E-state index contributed by atoms with van der Waals surface area (Å²) < 4.78 is 19.4. The lowest BCUT2D eigenvalue weighted by molar-refractivity contribution is -0.185. The number of amides is 1. The van der Waals surface area contributed by atoms with Crippen LogP contribution in [0.2, 0.25) is 0 Å². The molecule has 0 aliphatic carbocycles. The van der Waals surface area contributed by atoms with Gasteiger partial charge in [0.15, 0.2) is 0 Å². The lowest BCUT2D eigenvalue weighted by atomic mass is 10.2. The van der Waals surface area contributed by atoms with Crippen molar-refractivity contribution in [2.24, 2.45) is 0 Å². The standard InChI is InChI=1S/C12H10NO6P/c14-11(13-5-6-18-20(16)17)9-7-8-3-1-2-4-10(8)19-12(9)15/h1-4,7H,5-6H2,(H,13,14). The molecule has 1 heterocycles. The van der Waals surface area contributed by atoms with Gasteiger partial charge in [0.25, 0.3) is 5.91 Å². The quantitative estimate of drug-likeness (QED) is 0.490. The third-order valence-electron chi connectivity index (χ3n) is 2.47. The topological polar surface area (TPSA) is 109 Å². The number of carbonyl (C=O) groups is 1. The number of benzene rings is 1. The van der Waals surface area contributed by atoms with E-state index in [-0.39, 0.29) is 18.7 Å². The van der Waals surface area contributed by atoms with E-state index in [2.05, 4.69) is 9.84 Å². The van der Waals surface area contributed by atoms with Crippen molar-refractivity contribution in [1.82, 2.24) is 5.32 Å². The first-order valence-corrected chi connectivity index (χ1v) is 6.76. The van der Waals surface area contributed by atoms with E-state index < -0.39 is 19.8 Å². The highest BCUT2D eigenvalue weighted by atomic mass is 31.1. The van der Waals surface area contributed by atoms with Gasteiger partial charge in [0.1, 0.15) is 17.8 Å². The minimum absolute atomic E-state index is 0.0333. The maximum Gasteiger partial charge on any atom is 0.488 e. The van der Waals surface area contributed by atoms with Crippen LogP contribution in [0.25, 0.3) is 11.0 Å². The third-order valence-corrected chi connectivity index (χ3v) is 2.86. The number of hydrogen-bond acceptors (Lipinski definition) is 6. The van der Waals surface area contributed by atoms with Gasteiger partial charge in [0.05, 0.1) is 0 Å². The highest BCUT2D eigenvalue weighted by Crippen LogP contribution is 2.12. The Morgan fingerprint density at radius 2 is 2.15 bits per heavy atom. The summed E-state index contributed by atoms with van der Waals surface area (Å²) in [6.07, 6.45) is 0. The maximum atomic E-state index is 11.8. The van der Waals surface area contributed by atoms with E-state index in [0.717, 1.165) is 0 Å². The lowest BCUT2D eigenvalue weighted by Gasteiger charge is -2.03. The second kappa shape index (κ2) is 6.38. The van der Waals surface area contributed by atoms with E-state index in [9.17, 15) is 19.0 Å². The van der Waals surface area contributed by atoms with Crippen molar-refractivity contribution in [1.29, 1.82) is 0 Å². The summed E-state index contributed by atoms with van der Waals surface area (Å²) in [5, 5.41) is 2.99. The SMILES string of the molecule is O=C(NCCO[P+](=O)[O-])c1cc2ccccc2oc1=O. The van der Waals surface area contributed by atoms with Crippen molar-refractivity contribution in [3.05, 3.63) is 46.3 Å². The minimum Gasteiger partial charge on any atom is -0.566 e. The number of para-hydroxylation sites is 1. The molecule has 0 bridgehead atoms. The Morgan fingerprint density at radius 3 is 2.90 bits per heavy atom. The molecule has 0 fully saturated rings. The Labute approximate surface area is 114 Å². The van der Waals surface area contributed by atoms with Gasteiger partial charge in [-0.05, 0) is 16.7 Å². The van der Waals surface area contributed by atoms with Crippen LogP contribution in [0, 0.1) is 0 Å². The number of fused-ring (bicyclic) bond motifs is 1. The Hall–Kier alpha value is -2.08. The van der Waals surface area contributed by atoms with E-state index in [1.807, 2.05) is 0 Å². The molecule has 0 aliphatic heterocycles. The predicted octanol–water partition coefficient (Wildman–Crippen LogP) is 0.557. The summed E-state index contributed by atoms with van der Waals surface area (Å²) in [4.78, 5) is 33.6. The molecule has 1 aromatic carbocycles. The summed E-state index contributed by atoms with van der Waals surface area (Å²) in [6, 6.07) is 8.22. The zero-order chi connectivity index (χ0) is 14.5. The van der Waals surface area contributed by atoms with E-state index in [0.29, 0.717) is 11.0 Å². The molecule has 104 valence electrons. The second-order valence-corrected chi connectivity index (χ2v) is 4.50. The fraction of sp³-hybridized carbons (Fsp3) is 0.167. The van der Waals surface area contributed by atoms with Crippen molar-refractivity contribution in [3.63, 3.8) is 0 Å². The molecule has 2 aromatic rings. The summed E-state index contributed by atoms with van der Waals surface area (Å²) in [6.45, 7) is -0.224. The van der Waals surface area contributed by atoms with Crippen LogP contribution in [0.1, 0.15) is 10.4 Å². The van der Waals surface area contributed by atoms with Crippen LogP contribution in [0.5, 0.6) is 0 Å². The third kappa shape index (κ3) is 3.48. The fourth-order valence-corrected chi connectivity index (χ4v) is 1.84. The van der Waals surface area contributed by atoms with Gasteiger partial charge in [-0.25, -0.2) is 4.79 Å². The molecule has 7 nitrogen and oxygen atoms in total. The first-order chi connectivity index (χ1) is 9.58. The average molecular weight is 295 g/mol. The average Bonchev–Trinajstić information content (AvgIpc) is 2.42. The van der Waals surface area contributed by atoms with E-state index in [4.69, 9.17) is 4.42 Å². The maximum absolute atomic E-state index is 11.8. The monoisotopic (exact) mass is 295 g/mol. The molecule has 1 atom stereocenters. The minimum atomic E-state index is -2.95. The molecule has 1 N–H and O–H groups in total. The first-order valence-electron chi connectivity index (χ1n) is 5.66. The van der Waals surface area contributed by atoms with Crippen LogP contribution in [0.4, 0.5) is 0 Å². The van der Waals surface area contributed by atoms with Gasteiger partial charge in [0, 0.05) is 11.9 Å². The highest BCUT2D eigenvalue weighted by molar-refractivity contribution is 7.30. The molecule has 0 spiro atoms. The molecule has 0 saturated heterocycles. The van der Waals surface area contributed by atoms with Crippen LogP contribution in [0.15, 0.2) is 39.5 Å². The van der Waals surface area contributed by atoms with Crippen molar-refractivity contribution in [3.8, 4) is 0 Å².